The van der Waals surface area contributed by atoms with Crippen LogP contribution in [0.15, 0.2) is 36.8 Å². The number of rotatable bonds is 5. The number of anilines is 2. The number of nitrogens with zero attached hydrogens (tertiary/aromatic N) is 3. The molecule has 2 aromatic rings. The molecule has 19 heavy (non-hydrogen) atoms. The fourth-order valence-electron chi connectivity index (χ4n) is 1.53. The predicted octanol–water partition coefficient (Wildman–Crippen LogP) is 2.53. The first-order chi connectivity index (χ1) is 9.31. The summed E-state index contributed by atoms with van der Waals surface area (Å²) in [6.45, 7) is 1.29. The minimum Gasteiger partial charge on any atom is -0.382 e. The molecule has 0 aromatic carbocycles. The van der Waals surface area contributed by atoms with Crippen LogP contribution >= 0.6 is 11.6 Å². The minimum atomic E-state index is 0.532. The highest BCUT2D eigenvalue weighted by molar-refractivity contribution is 6.33. The lowest BCUT2D eigenvalue weighted by Crippen LogP contribution is -2.15. The molecule has 0 aliphatic heterocycles. The van der Waals surface area contributed by atoms with Crippen LogP contribution in [0.3, 0.4) is 0 Å². The Kier molecular flexibility index (Phi) is 4.54. The Morgan fingerprint density at radius 2 is 2.05 bits per heavy atom. The molecule has 0 atom stereocenters. The molecule has 0 bridgehead atoms. The smallest absolute Gasteiger partial charge is 0.143 e. The summed E-state index contributed by atoms with van der Waals surface area (Å²) < 4.78 is 0. The van der Waals surface area contributed by atoms with Crippen LogP contribution in [-0.2, 0) is 0 Å². The third-order valence-electron chi connectivity index (χ3n) is 2.43. The molecule has 2 N–H and O–H groups in total. The Bertz CT molecular complexity index is 594. The number of hydrogen-bond acceptors (Lipinski definition) is 5. The van der Waals surface area contributed by atoms with Crippen LogP contribution in [0.2, 0.25) is 5.02 Å². The normalized spacial score (nSPS) is 9.68. The van der Waals surface area contributed by atoms with E-state index in [1.54, 1.807) is 30.7 Å². The van der Waals surface area contributed by atoms with E-state index in [-0.39, 0.29) is 0 Å². The Balaban J connectivity index is 1.85. The molecular formula is C13H12ClN5. The van der Waals surface area contributed by atoms with Gasteiger partial charge in [-0.05, 0) is 18.2 Å². The number of nitrogens with one attached hydrogen (secondary N) is 2. The molecule has 0 aliphatic carbocycles. The van der Waals surface area contributed by atoms with Gasteiger partial charge in [0, 0.05) is 31.7 Å². The maximum absolute atomic E-state index is 8.92. The van der Waals surface area contributed by atoms with Gasteiger partial charge in [-0.2, -0.15) is 5.26 Å². The van der Waals surface area contributed by atoms with Crippen molar-refractivity contribution in [2.45, 2.75) is 0 Å². The van der Waals surface area contributed by atoms with Crippen molar-refractivity contribution in [3.05, 3.63) is 47.4 Å². The topological polar surface area (TPSA) is 73.6 Å². The van der Waals surface area contributed by atoms with Gasteiger partial charge in [-0.3, -0.25) is 4.98 Å². The maximum Gasteiger partial charge on any atom is 0.143 e. The zero-order chi connectivity index (χ0) is 13.5. The fourth-order valence-corrected chi connectivity index (χ4v) is 1.72. The summed E-state index contributed by atoms with van der Waals surface area (Å²) in [7, 11) is 0. The van der Waals surface area contributed by atoms with Gasteiger partial charge in [0.25, 0.3) is 0 Å². The van der Waals surface area contributed by atoms with E-state index in [4.69, 9.17) is 16.9 Å². The second-order valence-electron chi connectivity index (χ2n) is 3.72. The predicted molar refractivity (Wildman–Crippen MR) is 75.2 cm³/mol. The molecule has 0 aliphatic rings. The highest BCUT2D eigenvalue weighted by atomic mass is 35.5. The molecule has 0 amide bonds. The van der Waals surface area contributed by atoms with Gasteiger partial charge in [-0.15, -0.1) is 0 Å². The number of aromatic nitrogens is 2. The van der Waals surface area contributed by atoms with Crippen molar-refractivity contribution in [2.24, 2.45) is 0 Å². The van der Waals surface area contributed by atoms with E-state index in [1.807, 2.05) is 6.07 Å². The molecule has 6 heteroatoms. The SMILES string of the molecule is N#Cc1cccnc1NCCNc1ccncc1Cl. The van der Waals surface area contributed by atoms with Crippen LogP contribution in [0.5, 0.6) is 0 Å². The summed E-state index contributed by atoms with van der Waals surface area (Å²) in [6, 6.07) is 7.36. The standard InChI is InChI=1S/C13H12ClN5/c14-11-9-16-5-3-12(11)17-6-7-19-13-10(8-15)2-1-4-18-13/h1-5,9H,6-7H2,(H,16,17)(H,18,19). The van der Waals surface area contributed by atoms with Gasteiger partial charge < -0.3 is 10.6 Å². The quantitative estimate of drug-likeness (QED) is 0.819. The Hall–Kier alpha value is -2.32. The van der Waals surface area contributed by atoms with Gasteiger partial charge in [-0.25, -0.2) is 4.98 Å². The molecule has 0 unspecified atom stereocenters. The number of pyridine rings is 2. The fraction of sp³-hybridized carbons (Fsp3) is 0.154. The average Bonchev–Trinajstić information content (AvgIpc) is 2.45. The monoisotopic (exact) mass is 273 g/mol. The van der Waals surface area contributed by atoms with Crippen molar-refractivity contribution in [2.75, 3.05) is 23.7 Å². The van der Waals surface area contributed by atoms with E-state index in [1.165, 1.54) is 0 Å². The lowest BCUT2D eigenvalue weighted by molar-refractivity contribution is 1.06. The van der Waals surface area contributed by atoms with Crippen LogP contribution in [-0.4, -0.2) is 23.1 Å². The van der Waals surface area contributed by atoms with Crippen LogP contribution < -0.4 is 10.6 Å². The molecule has 0 spiro atoms. The van der Waals surface area contributed by atoms with Gasteiger partial charge in [0.2, 0.25) is 0 Å². The van der Waals surface area contributed by atoms with Crippen molar-refractivity contribution < 1.29 is 0 Å². The van der Waals surface area contributed by atoms with E-state index in [2.05, 4.69) is 26.7 Å². The summed E-state index contributed by atoms with van der Waals surface area (Å²) in [5, 5.41) is 15.8. The zero-order valence-electron chi connectivity index (χ0n) is 10.1. The molecule has 0 radical (unpaired) electrons. The van der Waals surface area contributed by atoms with Crippen LogP contribution in [0.25, 0.3) is 0 Å². The Morgan fingerprint density at radius 3 is 2.84 bits per heavy atom. The Morgan fingerprint density at radius 1 is 1.21 bits per heavy atom. The van der Waals surface area contributed by atoms with Gasteiger partial charge in [0.05, 0.1) is 16.3 Å². The van der Waals surface area contributed by atoms with E-state index < -0.39 is 0 Å². The first kappa shape index (κ1) is 13.1. The van der Waals surface area contributed by atoms with Gasteiger partial charge in [0.15, 0.2) is 0 Å². The molecule has 2 heterocycles. The molecule has 0 fully saturated rings. The molecule has 0 saturated carbocycles. The molecular weight excluding hydrogens is 262 g/mol. The largest absolute Gasteiger partial charge is 0.382 e. The zero-order valence-corrected chi connectivity index (χ0v) is 10.9. The van der Waals surface area contributed by atoms with Gasteiger partial charge in [0.1, 0.15) is 11.9 Å². The number of halogens is 1. The second-order valence-corrected chi connectivity index (χ2v) is 4.13. The summed E-state index contributed by atoms with van der Waals surface area (Å²) in [4.78, 5) is 8.02. The van der Waals surface area contributed by atoms with Crippen LogP contribution in [0.1, 0.15) is 5.56 Å². The molecule has 2 aromatic heterocycles. The van der Waals surface area contributed by atoms with Crippen LogP contribution in [0.4, 0.5) is 11.5 Å². The highest BCUT2D eigenvalue weighted by Crippen LogP contribution is 2.18. The average molecular weight is 274 g/mol. The first-order valence-electron chi connectivity index (χ1n) is 5.73. The molecule has 96 valence electrons. The number of hydrogen-bond donors (Lipinski definition) is 2. The molecule has 0 saturated heterocycles. The summed E-state index contributed by atoms with van der Waals surface area (Å²) in [6.07, 6.45) is 4.91. The third-order valence-corrected chi connectivity index (χ3v) is 2.73. The third kappa shape index (κ3) is 3.57. The van der Waals surface area contributed by atoms with E-state index >= 15 is 0 Å². The Labute approximate surface area is 116 Å². The van der Waals surface area contributed by atoms with Gasteiger partial charge >= 0.3 is 0 Å². The first-order valence-corrected chi connectivity index (χ1v) is 6.11. The van der Waals surface area contributed by atoms with Crippen molar-refractivity contribution in [1.82, 2.24) is 9.97 Å². The summed E-state index contributed by atoms with van der Waals surface area (Å²) in [5.41, 5.74) is 1.37. The van der Waals surface area contributed by atoms with Crippen molar-refractivity contribution in [3.8, 4) is 6.07 Å². The summed E-state index contributed by atoms with van der Waals surface area (Å²) in [5.74, 6) is 0.590. The lowest BCUT2D eigenvalue weighted by Gasteiger charge is -2.09. The second kappa shape index (κ2) is 6.57. The van der Waals surface area contributed by atoms with Crippen LogP contribution in [0, 0.1) is 11.3 Å². The lowest BCUT2D eigenvalue weighted by atomic mass is 10.3. The number of nitriles is 1. The van der Waals surface area contributed by atoms with Crippen molar-refractivity contribution in [1.29, 1.82) is 5.26 Å². The van der Waals surface area contributed by atoms with Gasteiger partial charge in [-0.1, -0.05) is 11.6 Å². The minimum absolute atomic E-state index is 0.532. The van der Waals surface area contributed by atoms with Crippen molar-refractivity contribution in [3.63, 3.8) is 0 Å². The van der Waals surface area contributed by atoms with E-state index in [0.29, 0.717) is 29.5 Å². The van der Waals surface area contributed by atoms with E-state index in [9.17, 15) is 0 Å². The molecule has 5 nitrogen and oxygen atoms in total. The summed E-state index contributed by atoms with van der Waals surface area (Å²) >= 11 is 5.97. The highest BCUT2D eigenvalue weighted by Gasteiger charge is 2.01. The maximum atomic E-state index is 8.92. The van der Waals surface area contributed by atoms with E-state index in [0.717, 1.165) is 5.69 Å². The van der Waals surface area contributed by atoms with Crippen molar-refractivity contribution >= 4 is 23.1 Å². The molecule has 2 rings (SSSR count).